The van der Waals surface area contributed by atoms with E-state index in [0.29, 0.717) is 43.8 Å². The van der Waals surface area contributed by atoms with Crippen LogP contribution in [0.5, 0.6) is 0 Å². The molecule has 2 heterocycles. The molecule has 25 heavy (non-hydrogen) atoms. The van der Waals surface area contributed by atoms with E-state index in [1.54, 1.807) is 24.1 Å². The molecule has 1 aromatic carbocycles. The lowest BCUT2D eigenvalue weighted by Gasteiger charge is -2.32. The molecule has 0 atom stereocenters. The molecule has 7 nitrogen and oxygen atoms in total. The van der Waals surface area contributed by atoms with Gasteiger partial charge in [-0.1, -0.05) is 18.2 Å². The Hall–Kier alpha value is -2.70. The highest BCUT2D eigenvalue weighted by molar-refractivity contribution is 6.40. The van der Waals surface area contributed by atoms with Crippen LogP contribution in [0.4, 0.5) is 5.69 Å². The van der Waals surface area contributed by atoms with E-state index in [-0.39, 0.29) is 30.1 Å². The molecule has 2 aliphatic rings. The van der Waals surface area contributed by atoms with Crippen molar-refractivity contribution < 1.29 is 14.4 Å². The van der Waals surface area contributed by atoms with Crippen LogP contribution >= 0.6 is 0 Å². The molecule has 0 unspecified atom stereocenters. The summed E-state index contributed by atoms with van der Waals surface area (Å²) in [6.07, 6.45) is 1.94. The van der Waals surface area contributed by atoms with Gasteiger partial charge < -0.3 is 10.2 Å². The highest BCUT2D eigenvalue weighted by atomic mass is 16.2. The second kappa shape index (κ2) is 7.46. The highest BCUT2D eigenvalue weighted by Crippen LogP contribution is 2.22. The number of carbonyl (C=O) groups excluding carboxylic acids is 3. The van der Waals surface area contributed by atoms with Crippen molar-refractivity contribution in [3.05, 3.63) is 30.3 Å². The van der Waals surface area contributed by atoms with Crippen molar-refractivity contribution in [3.63, 3.8) is 0 Å². The van der Waals surface area contributed by atoms with Gasteiger partial charge in [0.25, 0.3) is 5.91 Å². The van der Waals surface area contributed by atoms with Gasteiger partial charge in [-0.2, -0.15) is 5.10 Å². The molecule has 0 bridgehead atoms. The van der Waals surface area contributed by atoms with Crippen LogP contribution in [0.25, 0.3) is 0 Å². The van der Waals surface area contributed by atoms with Gasteiger partial charge in [0.05, 0.1) is 5.69 Å². The largest absolute Gasteiger partial charge is 0.359 e. The van der Waals surface area contributed by atoms with Gasteiger partial charge in [-0.15, -0.1) is 0 Å². The summed E-state index contributed by atoms with van der Waals surface area (Å²) < 4.78 is 0. The average molecular weight is 342 g/mol. The second-order valence-corrected chi connectivity index (χ2v) is 6.27. The Morgan fingerprint density at radius 2 is 1.80 bits per heavy atom. The summed E-state index contributed by atoms with van der Waals surface area (Å²) in [5.41, 5.74) is 1.07. The van der Waals surface area contributed by atoms with E-state index in [1.165, 1.54) is 5.01 Å². The average Bonchev–Trinajstić information content (AvgIpc) is 2.68. The third-order valence-corrected chi connectivity index (χ3v) is 4.68. The maximum absolute atomic E-state index is 12.7. The third-order valence-electron chi connectivity index (χ3n) is 4.68. The Balaban J connectivity index is 1.70. The summed E-state index contributed by atoms with van der Waals surface area (Å²) >= 11 is 0. The van der Waals surface area contributed by atoms with Crippen LogP contribution in [0.3, 0.4) is 0 Å². The van der Waals surface area contributed by atoms with Crippen LogP contribution in [0, 0.1) is 5.92 Å². The Morgan fingerprint density at radius 3 is 2.44 bits per heavy atom. The minimum Gasteiger partial charge on any atom is -0.359 e. The van der Waals surface area contributed by atoms with Gasteiger partial charge in [-0.25, -0.2) is 5.01 Å². The van der Waals surface area contributed by atoms with E-state index in [2.05, 4.69) is 10.4 Å². The predicted octanol–water partition coefficient (Wildman–Crippen LogP) is 1.15. The van der Waals surface area contributed by atoms with Crippen molar-refractivity contribution in [3.8, 4) is 0 Å². The topological polar surface area (TPSA) is 82.1 Å². The summed E-state index contributed by atoms with van der Waals surface area (Å²) in [6, 6.07) is 9.12. The van der Waals surface area contributed by atoms with Crippen molar-refractivity contribution in [2.75, 3.05) is 25.1 Å². The maximum atomic E-state index is 12.7. The molecule has 0 aromatic heterocycles. The number of para-hydroxylation sites is 1. The van der Waals surface area contributed by atoms with Crippen LogP contribution in [-0.4, -0.2) is 48.5 Å². The van der Waals surface area contributed by atoms with E-state index in [4.69, 9.17) is 0 Å². The van der Waals surface area contributed by atoms with Gasteiger partial charge in [-0.3, -0.25) is 14.4 Å². The zero-order chi connectivity index (χ0) is 17.8. The minimum atomic E-state index is -0.135. The molecule has 0 radical (unpaired) electrons. The Labute approximate surface area is 146 Å². The predicted molar refractivity (Wildman–Crippen MR) is 94.0 cm³/mol. The number of nitrogens with one attached hydrogen (secondary N) is 1. The number of carbonyl (C=O) groups is 3. The molecule has 0 aliphatic carbocycles. The Bertz CT molecular complexity index is 694. The molecule has 0 saturated carbocycles. The van der Waals surface area contributed by atoms with Gasteiger partial charge in [0, 0.05) is 38.9 Å². The van der Waals surface area contributed by atoms with Gasteiger partial charge >= 0.3 is 0 Å². The molecule has 1 saturated heterocycles. The number of likely N-dealkylation sites (tertiary alicyclic amines) is 1. The quantitative estimate of drug-likeness (QED) is 0.895. The molecule has 2 aliphatic heterocycles. The number of benzene rings is 1. The fourth-order valence-electron chi connectivity index (χ4n) is 3.21. The monoisotopic (exact) mass is 342 g/mol. The van der Waals surface area contributed by atoms with Crippen molar-refractivity contribution in [1.82, 2.24) is 10.2 Å². The number of nitrogens with zero attached hydrogens (tertiary/aromatic N) is 3. The number of rotatable bonds is 3. The van der Waals surface area contributed by atoms with E-state index < -0.39 is 0 Å². The molecule has 1 N–H and O–H groups in total. The standard InChI is InChI=1S/C18H22N4O3/c1-19-17(24)13-9-11-21(12-10-13)18(25)15-7-8-16(23)22(20-15)14-5-3-2-4-6-14/h2-6,13H,7-12H2,1H3,(H,19,24). The summed E-state index contributed by atoms with van der Waals surface area (Å²) in [6.45, 7) is 1.07. The minimum absolute atomic E-state index is 0.0305. The maximum Gasteiger partial charge on any atom is 0.270 e. The molecular weight excluding hydrogens is 320 g/mol. The molecule has 1 aromatic rings. The van der Waals surface area contributed by atoms with Gasteiger partial charge in [0.2, 0.25) is 11.8 Å². The van der Waals surface area contributed by atoms with Crippen LogP contribution in [0.2, 0.25) is 0 Å². The van der Waals surface area contributed by atoms with Crippen LogP contribution in [0.15, 0.2) is 35.4 Å². The zero-order valence-corrected chi connectivity index (χ0v) is 14.3. The molecular formula is C18H22N4O3. The fraction of sp³-hybridized carbons (Fsp3) is 0.444. The van der Waals surface area contributed by atoms with Crippen LogP contribution in [-0.2, 0) is 14.4 Å². The highest BCUT2D eigenvalue weighted by Gasteiger charge is 2.31. The van der Waals surface area contributed by atoms with Crippen molar-refractivity contribution in [1.29, 1.82) is 0 Å². The summed E-state index contributed by atoms with van der Waals surface area (Å²) in [4.78, 5) is 38.3. The first-order chi connectivity index (χ1) is 12.1. The van der Waals surface area contributed by atoms with Crippen LogP contribution in [0.1, 0.15) is 25.7 Å². The smallest absolute Gasteiger partial charge is 0.270 e. The van der Waals surface area contributed by atoms with Gasteiger partial charge in [0.15, 0.2) is 0 Å². The van der Waals surface area contributed by atoms with E-state index in [0.717, 1.165) is 0 Å². The molecule has 7 heteroatoms. The first kappa shape index (κ1) is 17.1. The van der Waals surface area contributed by atoms with Crippen molar-refractivity contribution in [2.24, 2.45) is 11.0 Å². The van der Waals surface area contributed by atoms with Crippen molar-refractivity contribution in [2.45, 2.75) is 25.7 Å². The SMILES string of the molecule is CNC(=O)C1CCN(C(=O)C2=NN(c3ccccc3)C(=O)CC2)CC1. The zero-order valence-electron chi connectivity index (χ0n) is 14.3. The number of hydrogen-bond acceptors (Lipinski definition) is 4. The third kappa shape index (κ3) is 3.70. The lowest BCUT2D eigenvalue weighted by atomic mass is 9.95. The summed E-state index contributed by atoms with van der Waals surface area (Å²) in [5.74, 6) is -0.252. The lowest BCUT2D eigenvalue weighted by Crippen LogP contribution is -2.46. The number of hydrogen-bond donors (Lipinski definition) is 1. The first-order valence-corrected chi connectivity index (χ1v) is 8.56. The molecule has 1 fully saturated rings. The number of hydrazone groups is 1. The van der Waals surface area contributed by atoms with Gasteiger partial charge in [0.1, 0.15) is 5.71 Å². The number of piperidine rings is 1. The van der Waals surface area contributed by atoms with E-state index in [9.17, 15) is 14.4 Å². The number of anilines is 1. The molecule has 3 amide bonds. The lowest BCUT2D eigenvalue weighted by molar-refractivity contribution is -0.131. The summed E-state index contributed by atoms with van der Waals surface area (Å²) in [5, 5.41) is 8.28. The van der Waals surface area contributed by atoms with E-state index in [1.807, 2.05) is 18.2 Å². The molecule has 3 rings (SSSR count). The van der Waals surface area contributed by atoms with Crippen LogP contribution < -0.4 is 10.3 Å². The summed E-state index contributed by atoms with van der Waals surface area (Å²) in [7, 11) is 1.63. The second-order valence-electron chi connectivity index (χ2n) is 6.27. The fourth-order valence-corrected chi connectivity index (χ4v) is 3.21. The normalized spacial score (nSPS) is 18.8. The van der Waals surface area contributed by atoms with Gasteiger partial charge in [-0.05, 0) is 25.0 Å². The van der Waals surface area contributed by atoms with E-state index >= 15 is 0 Å². The Morgan fingerprint density at radius 1 is 1.12 bits per heavy atom. The Kier molecular flexibility index (Phi) is 5.11. The first-order valence-electron chi connectivity index (χ1n) is 8.56. The van der Waals surface area contributed by atoms with Crippen molar-refractivity contribution >= 4 is 29.1 Å². The number of amides is 3. The molecule has 132 valence electrons. The molecule has 0 spiro atoms.